The number of carbonyl (C=O) groups is 3. The van der Waals surface area contributed by atoms with Crippen LogP contribution in [-0.2, 0) is 22.7 Å². The van der Waals surface area contributed by atoms with Gasteiger partial charge in [0.25, 0.3) is 5.91 Å². The minimum absolute atomic E-state index is 0.0445. The Labute approximate surface area is 282 Å². The molecule has 0 atom stereocenters. The maximum absolute atomic E-state index is 13.0. The summed E-state index contributed by atoms with van der Waals surface area (Å²) in [6, 6.07) is 26.0. The van der Waals surface area contributed by atoms with E-state index in [0.717, 1.165) is 28.0 Å². The van der Waals surface area contributed by atoms with Gasteiger partial charge in [-0.3, -0.25) is 14.4 Å². The summed E-state index contributed by atoms with van der Waals surface area (Å²) < 4.78 is 8.35. The number of hydrogen-bond donors (Lipinski definition) is 2. The van der Waals surface area contributed by atoms with Crippen LogP contribution in [0, 0.1) is 6.92 Å². The smallest absolute Gasteiger partial charge is 0.251 e. The number of anilines is 1. The Balaban J connectivity index is 1.23. The van der Waals surface area contributed by atoms with E-state index >= 15 is 0 Å². The van der Waals surface area contributed by atoms with E-state index in [1.54, 1.807) is 56.6 Å². The van der Waals surface area contributed by atoms with E-state index in [1.807, 2.05) is 43.3 Å². The number of hydrogen-bond acceptors (Lipinski definition) is 5. The van der Waals surface area contributed by atoms with E-state index < -0.39 is 5.91 Å². The number of aryl methyl sites for hydroxylation is 1. The number of ether oxygens (including phenoxy) is 1. The zero-order chi connectivity index (χ0) is 33.5. The molecule has 47 heavy (non-hydrogen) atoms. The molecule has 4 aromatic carbocycles. The molecule has 1 heterocycles. The predicted octanol–water partition coefficient (Wildman–Crippen LogP) is 6.43. The highest BCUT2D eigenvalue weighted by atomic mass is 35.5. The van der Waals surface area contributed by atoms with E-state index in [2.05, 4.69) is 27.3 Å². The summed E-state index contributed by atoms with van der Waals surface area (Å²) in [5.74, 6) is 0.405. The van der Waals surface area contributed by atoms with Gasteiger partial charge in [-0.25, -0.2) is 4.98 Å². The highest BCUT2D eigenvalue weighted by molar-refractivity contribution is 6.38. The summed E-state index contributed by atoms with van der Waals surface area (Å²) in [4.78, 5) is 43.2. The van der Waals surface area contributed by atoms with Gasteiger partial charge in [0.2, 0.25) is 11.8 Å². The molecule has 1 aromatic heterocycles. The largest absolute Gasteiger partial charge is 0.486 e. The third kappa shape index (κ3) is 7.82. The van der Waals surface area contributed by atoms with Gasteiger partial charge in [-0.1, -0.05) is 71.7 Å². The zero-order valence-corrected chi connectivity index (χ0v) is 27.6. The Morgan fingerprint density at radius 2 is 1.70 bits per heavy atom. The zero-order valence-electron chi connectivity index (χ0n) is 26.1. The van der Waals surface area contributed by atoms with Crippen LogP contribution in [0.25, 0.3) is 17.1 Å². The van der Waals surface area contributed by atoms with Crippen molar-refractivity contribution in [1.29, 1.82) is 0 Å². The Kier molecular flexibility index (Phi) is 10.6. The van der Waals surface area contributed by atoms with Gasteiger partial charge in [0.1, 0.15) is 23.7 Å². The number of fused-ring (bicyclic) bond motifs is 1. The molecule has 0 saturated carbocycles. The van der Waals surface area contributed by atoms with Crippen LogP contribution in [0.15, 0.2) is 91.0 Å². The molecule has 5 rings (SSSR count). The topological polar surface area (TPSA) is 106 Å². The maximum Gasteiger partial charge on any atom is 0.251 e. The van der Waals surface area contributed by atoms with Crippen LogP contribution in [0.1, 0.15) is 32.9 Å². The number of benzene rings is 4. The van der Waals surface area contributed by atoms with E-state index in [4.69, 9.17) is 32.9 Å². The van der Waals surface area contributed by atoms with Crippen molar-refractivity contribution < 1.29 is 19.1 Å². The van der Waals surface area contributed by atoms with Gasteiger partial charge in [0.15, 0.2) is 0 Å². The molecule has 240 valence electrons. The van der Waals surface area contributed by atoms with Crippen molar-refractivity contribution in [2.45, 2.75) is 20.1 Å². The molecule has 0 aliphatic carbocycles. The maximum atomic E-state index is 13.0. The van der Waals surface area contributed by atoms with Gasteiger partial charge < -0.3 is 24.8 Å². The first-order chi connectivity index (χ1) is 22.7. The number of nitrogens with one attached hydrogen (secondary N) is 2. The van der Waals surface area contributed by atoms with Crippen molar-refractivity contribution in [1.82, 2.24) is 20.2 Å². The highest BCUT2D eigenvalue weighted by Gasteiger charge is 2.20. The molecule has 0 bridgehead atoms. The normalized spacial score (nSPS) is 11.1. The van der Waals surface area contributed by atoms with Crippen molar-refractivity contribution in [2.75, 3.05) is 25.5 Å². The third-order valence-electron chi connectivity index (χ3n) is 7.63. The molecule has 2 N–H and O–H groups in total. The number of aromatic nitrogens is 2. The SMILES string of the molecule is CNC(=O)c1ccc(C=CC(=O)NCC(=O)N(C)c2ccc(Cl)c(COc3cccc4c3nc(C)n4Cc3ccccc3)c2Cl)cc1. The predicted molar refractivity (Wildman–Crippen MR) is 186 cm³/mol. The standard InChI is InChI=1S/C36H33Cl2N5O4/c1-23-41-35-30(43(23)21-25-8-5-4-6-9-25)10-7-11-31(35)47-22-27-28(37)17-18-29(34(27)38)42(3)33(45)20-40-32(44)19-14-24-12-15-26(16-13-24)36(46)39-2/h4-19H,20-22H2,1-3H3,(H,39,46)(H,40,44). The van der Waals surface area contributed by atoms with E-state index in [0.29, 0.717) is 34.1 Å². The van der Waals surface area contributed by atoms with Crippen LogP contribution in [-0.4, -0.2) is 47.9 Å². The Morgan fingerprint density at radius 3 is 2.43 bits per heavy atom. The highest BCUT2D eigenvalue weighted by Crippen LogP contribution is 2.35. The lowest BCUT2D eigenvalue weighted by Gasteiger charge is -2.21. The number of rotatable bonds is 11. The molecular formula is C36H33Cl2N5O4. The first-order valence-electron chi connectivity index (χ1n) is 14.8. The summed E-state index contributed by atoms with van der Waals surface area (Å²) in [7, 11) is 3.13. The van der Waals surface area contributed by atoms with Crippen LogP contribution in [0.5, 0.6) is 5.75 Å². The average Bonchev–Trinajstić information content (AvgIpc) is 3.41. The Bertz CT molecular complexity index is 1960. The number of likely N-dealkylation sites (N-methyl/N-ethyl adjacent to an activating group) is 1. The number of amides is 3. The fraction of sp³-hybridized carbons (Fsp3) is 0.167. The minimum Gasteiger partial charge on any atom is -0.486 e. The van der Waals surface area contributed by atoms with Gasteiger partial charge in [-0.2, -0.15) is 0 Å². The number of halogens is 2. The van der Waals surface area contributed by atoms with Crippen molar-refractivity contribution in [2.24, 2.45) is 0 Å². The number of imidazole rings is 1. The lowest BCUT2D eigenvalue weighted by Crippen LogP contribution is -2.37. The van der Waals surface area contributed by atoms with Crippen LogP contribution in [0.2, 0.25) is 10.0 Å². The summed E-state index contributed by atoms with van der Waals surface area (Å²) in [6.07, 6.45) is 2.91. The Morgan fingerprint density at radius 1 is 0.957 bits per heavy atom. The fourth-order valence-electron chi connectivity index (χ4n) is 4.98. The second-order valence-corrected chi connectivity index (χ2v) is 11.5. The van der Waals surface area contributed by atoms with E-state index in [-0.39, 0.29) is 30.0 Å². The Hall–Kier alpha value is -5.12. The van der Waals surface area contributed by atoms with Gasteiger partial charge >= 0.3 is 0 Å². The summed E-state index contributed by atoms with van der Waals surface area (Å²) in [5, 5.41) is 5.79. The molecule has 0 saturated heterocycles. The second-order valence-electron chi connectivity index (χ2n) is 10.7. The van der Waals surface area contributed by atoms with E-state index in [9.17, 15) is 14.4 Å². The molecule has 3 amide bonds. The van der Waals surface area contributed by atoms with Crippen molar-refractivity contribution in [3.63, 3.8) is 0 Å². The minimum atomic E-state index is -0.450. The molecule has 0 aliphatic heterocycles. The molecule has 9 nitrogen and oxygen atoms in total. The van der Waals surface area contributed by atoms with Crippen LogP contribution >= 0.6 is 23.2 Å². The third-order valence-corrected chi connectivity index (χ3v) is 8.41. The lowest BCUT2D eigenvalue weighted by molar-refractivity contribution is -0.122. The molecule has 0 unspecified atom stereocenters. The number of carbonyl (C=O) groups excluding carboxylic acids is 3. The molecule has 0 spiro atoms. The van der Waals surface area contributed by atoms with Crippen molar-refractivity contribution >= 4 is 63.7 Å². The van der Waals surface area contributed by atoms with Crippen molar-refractivity contribution in [3.05, 3.63) is 129 Å². The monoisotopic (exact) mass is 669 g/mol. The molecule has 0 radical (unpaired) electrons. The number of para-hydroxylation sites is 1. The molecule has 5 aromatic rings. The van der Waals surface area contributed by atoms with Crippen LogP contribution < -0.4 is 20.3 Å². The van der Waals surface area contributed by atoms with Crippen LogP contribution in [0.4, 0.5) is 5.69 Å². The summed E-state index contributed by atoms with van der Waals surface area (Å²) >= 11 is 13.3. The molecule has 0 aliphatic rings. The first-order valence-corrected chi connectivity index (χ1v) is 15.6. The first kappa shape index (κ1) is 33.2. The fourth-order valence-corrected chi connectivity index (χ4v) is 5.59. The second kappa shape index (κ2) is 15.0. The summed E-state index contributed by atoms with van der Waals surface area (Å²) in [5.41, 5.74) is 5.00. The lowest BCUT2D eigenvalue weighted by atomic mass is 10.1. The van der Waals surface area contributed by atoms with E-state index in [1.165, 1.54) is 11.0 Å². The molecule has 11 heteroatoms. The average molecular weight is 671 g/mol. The quantitative estimate of drug-likeness (QED) is 0.158. The van der Waals surface area contributed by atoms with Crippen LogP contribution in [0.3, 0.4) is 0 Å². The summed E-state index contributed by atoms with van der Waals surface area (Å²) in [6.45, 7) is 2.43. The molecular weight excluding hydrogens is 637 g/mol. The van der Waals surface area contributed by atoms with Crippen molar-refractivity contribution in [3.8, 4) is 5.75 Å². The number of nitrogens with zero attached hydrogens (tertiary/aromatic N) is 3. The molecule has 0 fully saturated rings. The van der Waals surface area contributed by atoms with Gasteiger partial charge in [-0.15, -0.1) is 0 Å². The van der Waals surface area contributed by atoms with Gasteiger partial charge in [0, 0.05) is 42.9 Å². The van der Waals surface area contributed by atoms with Gasteiger partial charge in [0.05, 0.1) is 22.8 Å². The van der Waals surface area contributed by atoms with Gasteiger partial charge in [-0.05, 0) is 60.5 Å².